The molecule has 4 heteroatoms. The van der Waals surface area contributed by atoms with Crippen LogP contribution in [-0.4, -0.2) is 9.55 Å². The maximum atomic E-state index is 12.9. The first kappa shape index (κ1) is 9.84. The molecule has 0 N–H and O–H groups in total. The van der Waals surface area contributed by atoms with Crippen LogP contribution in [0.4, 0.5) is 4.39 Å². The van der Waals surface area contributed by atoms with Gasteiger partial charge in [0.05, 0.1) is 12.0 Å². The number of halogens is 1. The number of para-hydroxylation sites is 1. The van der Waals surface area contributed by atoms with Crippen LogP contribution in [0.1, 0.15) is 0 Å². The van der Waals surface area contributed by atoms with Gasteiger partial charge in [-0.1, -0.05) is 12.1 Å². The Kier molecular flexibility index (Phi) is 2.26. The van der Waals surface area contributed by atoms with Crippen LogP contribution in [0.15, 0.2) is 59.5 Å². The van der Waals surface area contributed by atoms with Gasteiger partial charge in [-0.15, -0.1) is 0 Å². The number of benzene rings is 1. The molecule has 2 aromatic heterocycles. The van der Waals surface area contributed by atoms with E-state index >= 15 is 0 Å². The lowest BCUT2D eigenvalue weighted by molar-refractivity contribution is 0.367. The molecule has 84 valence electrons. The summed E-state index contributed by atoms with van der Waals surface area (Å²) in [6, 6.07) is 9.95. The number of hydrogen-bond acceptors (Lipinski definition) is 2. The van der Waals surface area contributed by atoms with Crippen molar-refractivity contribution in [1.29, 1.82) is 0 Å². The molecule has 0 atom stereocenters. The molecule has 1 aromatic carbocycles. The Bertz CT molecular complexity index is 628. The van der Waals surface area contributed by atoms with Gasteiger partial charge >= 0.3 is 0 Å². The number of hydrogen-bond donors (Lipinski definition) is 0. The highest BCUT2D eigenvalue weighted by molar-refractivity contribution is 5.68. The van der Waals surface area contributed by atoms with Gasteiger partial charge in [0.25, 0.3) is 6.01 Å². The highest BCUT2D eigenvalue weighted by Crippen LogP contribution is 2.27. The molecule has 3 nitrogen and oxygen atoms in total. The molecule has 0 saturated heterocycles. The number of furan rings is 1. The Labute approximate surface area is 97.1 Å². The predicted molar refractivity (Wildman–Crippen MR) is 61.2 cm³/mol. The molecule has 0 fully saturated rings. The summed E-state index contributed by atoms with van der Waals surface area (Å²) >= 11 is 0. The maximum Gasteiger partial charge on any atom is 0.278 e. The van der Waals surface area contributed by atoms with E-state index in [4.69, 9.17) is 4.42 Å². The second-order valence-electron chi connectivity index (χ2n) is 3.59. The Morgan fingerprint density at radius 2 is 2.00 bits per heavy atom. The lowest BCUT2D eigenvalue weighted by atomic mass is 10.1. The van der Waals surface area contributed by atoms with Gasteiger partial charge in [-0.2, -0.15) is 4.39 Å². The van der Waals surface area contributed by atoms with Crippen molar-refractivity contribution in [3.63, 3.8) is 0 Å². The van der Waals surface area contributed by atoms with E-state index in [9.17, 15) is 4.39 Å². The van der Waals surface area contributed by atoms with Gasteiger partial charge in [0.1, 0.15) is 5.76 Å². The third kappa shape index (κ3) is 1.73. The molecule has 0 amide bonds. The molecule has 0 radical (unpaired) electrons. The number of aromatic nitrogens is 2. The minimum Gasteiger partial charge on any atom is -0.431 e. The number of rotatable bonds is 2. The van der Waals surface area contributed by atoms with E-state index in [2.05, 4.69) is 4.98 Å². The van der Waals surface area contributed by atoms with Crippen molar-refractivity contribution in [3.05, 3.63) is 61.1 Å². The minimum absolute atomic E-state index is 0.506. The highest BCUT2D eigenvalue weighted by atomic mass is 19.1. The van der Waals surface area contributed by atoms with E-state index in [1.54, 1.807) is 18.6 Å². The van der Waals surface area contributed by atoms with Crippen LogP contribution in [0.2, 0.25) is 0 Å². The van der Waals surface area contributed by atoms with E-state index in [0.29, 0.717) is 5.76 Å². The Morgan fingerprint density at radius 1 is 1.12 bits per heavy atom. The molecule has 3 rings (SSSR count). The van der Waals surface area contributed by atoms with Crippen molar-refractivity contribution in [2.75, 3.05) is 0 Å². The zero-order valence-corrected chi connectivity index (χ0v) is 8.88. The summed E-state index contributed by atoms with van der Waals surface area (Å²) in [5, 5.41) is 0. The predicted octanol–water partition coefficient (Wildman–Crippen LogP) is 3.27. The SMILES string of the molecule is Fc1ccc(-c2ccccc2-n2ccnc2)o1. The summed E-state index contributed by atoms with van der Waals surface area (Å²) in [4.78, 5) is 4.00. The summed E-state index contributed by atoms with van der Waals surface area (Å²) in [5.41, 5.74) is 1.73. The summed E-state index contributed by atoms with van der Waals surface area (Å²) < 4.78 is 19.8. The van der Waals surface area contributed by atoms with Crippen LogP contribution < -0.4 is 0 Å². The van der Waals surface area contributed by atoms with Crippen LogP contribution >= 0.6 is 0 Å². The molecular weight excluding hydrogens is 219 g/mol. The minimum atomic E-state index is -0.583. The quantitative estimate of drug-likeness (QED) is 0.674. The lowest BCUT2D eigenvalue weighted by Crippen LogP contribution is -1.92. The summed E-state index contributed by atoms with van der Waals surface area (Å²) in [7, 11) is 0. The molecule has 0 bridgehead atoms. The van der Waals surface area contributed by atoms with Crippen molar-refractivity contribution in [2.24, 2.45) is 0 Å². The largest absolute Gasteiger partial charge is 0.431 e. The fraction of sp³-hybridized carbons (Fsp3) is 0. The van der Waals surface area contributed by atoms with Crippen molar-refractivity contribution < 1.29 is 8.81 Å². The standard InChI is InChI=1S/C13H9FN2O/c14-13-6-5-12(17-13)10-3-1-2-4-11(10)16-8-7-15-9-16/h1-9H. The Balaban J connectivity index is 2.17. The first-order chi connectivity index (χ1) is 8.34. The third-order valence-corrected chi connectivity index (χ3v) is 2.53. The molecule has 0 aliphatic heterocycles. The first-order valence-corrected chi connectivity index (χ1v) is 5.18. The lowest BCUT2D eigenvalue weighted by Gasteiger charge is -2.07. The molecule has 0 saturated carbocycles. The van der Waals surface area contributed by atoms with Crippen molar-refractivity contribution in [3.8, 4) is 17.0 Å². The molecule has 3 aromatic rings. The third-order valence-electron chi connectivity index (χ3n) is 2.53. The van der Waals surface area contributed by atoms with Crippen molar-refractivity contribution in [1.82, 2.24) is 9.55 Å². The van der Waals surface area contributed by atoms with Crippen LogP contribution in [-0.2, 0) is 0 Å². The zero-order chi connectivity index (χ0) is 11.7. The van der Waals surface area contributed by atoms with E-state index in [0.717, 1.165) is 11.3 Å². The second kappa shape index (κ2) is 3.90. The molecule has 0 aliphatic rings. The molecule has 17 heavy (non-hydrogen) atoms. The van der Waals surface area contributed by atoms with Gasteiger partial charge in [0.2, 0.25) is 0 Å². The molecule has 0 spiro atoms. The highest BCUT2D eigenvalue weighted by Gasteiger charge is 2.09. The van der Waals surface area contributed by atoms with Gasteiger partial charge in [-0.25, -0.2) is 4.98 Å². The smallest absolute Gasteiger partial charge is 0.278 e. The van der Waals surface area contributed by atoms with Gasteiger partial charge in [-0.05, 0) is 18.2 Å². The number of nitrogens with zero attached hydrogens (tertiary/aromatic N) is 2. The fourth-order valence-electron chi connectivity index (χ4n) is 1.77. The molecule has 2 heterocycles. The monoisotopic (exact) mass is 228 g/mol. The summed E-state index contributed by atoms with van der Waals surface area (Å²) in [6.07, 6.45) is 5.22. The molecule has 0 unspecified atom stereocenters. The summed E-state index contributed by atoms with van der Waals surface area (Å²) in [5.74, 6) is 0.506. The fourth-order valence-corrected chi connectivity index (χ4v) is 1.77. The summed E-state index contributed by atoms with van der Waals surface area (Å²) in [6.45, 7) is 0. The Hall–Kier alpha value is -2.36. The van der Waals surface area contributed by atoms with Gasteiger partial charge < -0.3 is 8.98 Å². The second-order valence-corrected chi connectivity index (χ2v) is 3.59. The zero-order valence-electron chi connectivity index (χ0n) is 8.88. The Morgan fingerprint density at radius 3 is 2.71 bits per heavy atom. The van der Waals surface area contributed by atoms with E-state index in [1.165, 1.54) is 6.07 Å². The number of imidazole rings is 1. The average Bonchev–Trinajstić information content (AvgIpc) is 3.00. The van der Waals surface area contributed by atoms with E-state index in [1.807, 2.05) is 35.0 Å². The first-order valence-electron chi connectivity index (χ1n) is 5.18. The topological polar surface area (TPSA) is 31.0 Å². The molecule has 0 aliphatic carbocycles. The van der Waals surface area contributed by atoms with Crippen LogP contribution in [0.25, 0.3) is 17.0 Å². The normalized spacial score (nSPS) is 10.6. The van der Waals surface area contributed by atoms with Crippen LogP contribution in [0.3, 0.4) is 0 Å². The van der Waals surface area contributed by atoms with Crippen LogP contribution in [0.5, 0.6) is 0 Å². The van der Waals surface area contributed by atoms with E-state index < -0.39 is 6.01 Å². The molecular formula is C13H9FN2O. The van der Waals surface area contributed by atoms with Crippen molar-refractivity contribution in [2.45, 2.75) is 0 Å². The van der Waals surface area contributed by atoms with E-state index in [-0.39, 0.29) is 0 Å². The van der Waals surface area contributed by atoms with Crippen LogP contribution in [0, 0.1) is 6.01 Å². The van der Waals surface area contributed by atoms with Crippen molar-refractivity contribution >= 4 is 0 Å². The van der Waals surface area contributed by atoms with Gasteiger partial charge in [0, 0.05) is 24.0 Å². The maximum absolute atomic E-state index is 12.9. The van der Waals surface area contributed by atoms with Gasteiger partial charge in [0.15, 0.2) is 0 Å². The van der Waals surface area contributed by atoms with Gasteiger partial charge in [-0.3, -0.25) is 0 Å². The average molecular weight is 228 g/mol.